The van der Waals surface area contributed by atoms with E-state index in [-0.39, 0.29) is 0 Å². The Morgan fingerprint density at radius 3 is 3.08 bits per heavy atom. The number of aliphatic hydroxyl groups excluding tert-OH is 1. The quantitative estimate of drug-likeness (QED) is 0.637. The molecule has 0 fully saturated rings. The van der Waals surface area contributed by atoms with E-state index in [1.54, 1.807) is 0 Å². The van der Waals surface area contributed by atoms with E-state index >= 15 is 0 Å². The smallest absolute Gasteiger partial charge is 0.0431 e. The molecule has 0 spiro atoms. The lowest BCUT2D eigenvalue weighted by Crippen LogP contribution is -2.36. The summed E-state index contributed by atoms with van der Waals surface area (Å²) >= 11 is 0. The number of nitrogens with one attached hydrogen (secondary N) is 1. The molecule has 0 amide bonds. The van der Waals surface area contributed by atoms with Crippen molar-refractivity contribution in [3.05, 3.63) is 12.2 Å². The lowest BCUT2D eigenvalue weighted by atomic mass is 10.0. The number of aliphatic hydroxyl groups is 1. The van der Waals surface area contributed by atoms with Gasteiger partial charge in [-0.2, -0.15) is 0 Å². The maximum atomic E-state index is 8.68. The van der Waals surface area contributed by atoms with Gasteiger partial charge in [0.2, 0.25) is 0 Å². The Kier molecular flexibility index (Phi) is 5.09. The zero-order chi connectivity index (χ0) is 9.52. The van der Waals surface area contributed by atoms with Gasteiger partial charge in [-0.3, -0.25) is 0 Å². The molecule has 2 N–H and O–H groups in total. The van der Waals surface area contributed by atoms with Crippen molar-refractivity contribution in [1.82, 2.24) is 5.32 Å². The monoisotopic (exact) mass is 183 g/mol. The molecule has 2 nitrogen and oxygen atoms in total. The van der Waals surface area contributed by atoms with Crippen LogP contribution in [0.3, 0.4) is 0 Å². The SMILES string of the molecule is CC(CCCO)NC1C=CCCC1. The fourth-order valence-electron chi connectivity index (χ4n) is 1.80. The average molecular weight is 183 g/mol. The zero-order valence-corrected chi connectivity index (χ0v) is 8.50. The number of rotatable bonds is 5. The van der Waals surface area contributed by atoms with Gasteiger partial charge in [-0.15, -0.1) is 0 Å². The van der Waals surface area contributed by atoms with Crippen molar-refractivity contribution >= 4 is 0 Å². The summed E-state index contributed by atoms with van der Waals surface area (Å²) in [6, 6.07) is 1.10. The van der Waals surface area contributed by atoms with Gasteiger partial charge in [-0.05, 0) is 39.0 Å². The van der Waals surface area contributed by atoms with Crippen molar-refractivity contribution in [3.63, 3.8) is 0 Å². The highest BCUT2D eigenvalue weighted by Crippen LogP contribution is 2.11. The van der Waals surface area contributed by atoms with E-state index in [9.17, 15) is 0 Å². The second-order valence-electron chi connectivity index (χ2n) is 3.90. The van der Waals surface area contributed by atoms with Crippen molar-refractivity contribution in [2.75, 3.05) is 6.61 Å². The largest absolute Gasteiger partial charge is 0.396 e. The van der Waals surface area contributed by atoms with Gasteiger partial charge in [0.25, 0.3) is 0 Å². The molecule has 0 aromatic rings. The normalized spacial score (nSPS) is 24.6. The van der Waals surface area contributed by atoms with E-state index in [1.165, 1.54) is 19.3 Å². The summed E-state index contributed by atoms with van der Waals surface area (Å²) in [6.45, 7) is 2.50. The molecular formula is C11H21NO. The first kappa shape index (κ1) is 10.7. The van der Waals surface area contributed by atoms with Crippen LogP contribution in [0.4, 0.5) is 0 Å². The zero-order valence-electron chi connectivity index (χ0n) is 8.50. The highest BCUT2D eigenvalue weighted by molar-refractivity contribution is 4.98. The Bertz CT molecular complexity index is 156. The van der Waals surface area contributed by atoms with Crippen molar-refractivity contribution in [2.45, 2.75) is 51.1 Å². The minimum Gasteiger partial charge on any atom is -0.396 e. The molecule has 0 saturated heterocycles. The van der Waals surface area contributed by atoms with E-state index in [2.05, 4.69) is 24.4 Å². The van der Waals surface area contributed by atoms with Gasteiger partial charge in [0.1, 0.15) is 0 Å². The van der Waals surface area contributed by atoms with Crippen LogP contribution in [0.25, 0.3) is 0 Å². The molecule has 76 valence electrons. The number of allylic oxidation sites excluding steroid dienone is 1. The topological polar surface area (TPSA) is 32.3 Å². The summed E-state index contributed by atoms with van der Waals surface area (Å²) in [5.74, 6) is 0. The fraction of sp³-hybridized carbons (Fsp3) is 0.818. The average Bonchev–Trinajstić information content (AvgIpc) is 2.16. The third-order valence-corrected chi connectivity index (χ3v) is 2.55. The second-order valence-corrected chi connectivity index (χ2v) is 3.90. The lowest BCUT2D eigenvalue weighted by Gasteiger charge is -2.22. The third-order valence-electron chi connectivity index (χ3n) is 2.55. The van der Waals surface area contributed by atoms with Crippen LogP contribution in [0, 0.1) is 0 Å². The third kappa shape index (κ3) is 4.44. The van der Waals surface area contributed by atoms with Crippen LogP contribution >= 0.6 is 0 Å². The summed E-state index contributed by atoms with van der Waals surface area (Å²) in [7, 11) is 0. The van der Waals surface area contributed by atoms with Crippen LogP contribution in [-0.4, -0.2) is 23.8 Å². The van der Waals surface area contributed by atoms with Crippen molar-refractivity contribution in [1.29, 1.82) is 0 Å². The first-order chi connectivity index (χ1) is 6.33. The molecule has 0 aromatic carbocycles. The predicted molar refractivity (Wildman–Crippen MR) is 55.7 cm³/mol. The van der Waals surface area contributed by atoms with Crippen LogP contribution in [-0.2, 0) is 0 Å². The molecule has 2 heteroatoms. The predicted octanol–water partition coefficient (Wildman–Crippen LogP) is 1.85. The molecule has 1 aliphatic carbocycles. The molecule has 0 aromatic heterocycles. The Hall–Kier alpha value is -0.340. The molecule has 0 heterocycles. The van der Waals surface area contributed by atoms with Crippen LogP contribution in [0.2, 0.25) is 0 Å². The number of hydrogen-bond acceptors (Lipinski definition) is 2. The highest BCUT2D eigenvalue weighted by atomic mass is 16.2. The second kappa shape index (κ2) is 6.17. The molecule has 13 heavy (non-hydrogen) atoms. The molecular weight excluding hydrogens is 162 g/mol. The summed E-state index contributed by atoms with van der Waals surface area (Å²) in [5.41, 5.74) is 0. The molecule has 1 aliphatic rings. The van der Waals surface area contributed by atoms with Crippen LogP contribution in [0.5, 0.6) is 0 Å². The summed E-state index contributed by atoms with van der Waals surface area (Å²) in [6.07, 6.45) is 10.3. The summed E-state index contributed by atoms with van der Waals surface area (Å²) in [5, 5.41) is 12.2. The Balaban J connectivity index is 2.14. The maximum Gasteiger partial charge on any atom is 0.0431 e. The number of hydrogen-bond donors (Lipinski definition) is 2. The van der Waals surface area contributed by atoms with E-state index < -0.39 is 0 Å². The maximum absolute atomic E-state index is 8.68. The van der Waals surface area contributed by atoms with Crippen LogP contribution in [0.15, 0.2) is 12.2 Å². The minimum atomic E-state index is 0.312. The van der Waals surface area contributed by atoms with Gasteiger partial charge in [-0.25, -0.2) is 0 Å². The van der Waals surface area contributed by atoms with Crippen molar-refractivity contribution < 1.29 is 5.11 Å². The minimum absolute atomic E-state index is 0.312. The van der Waals surface area contributed by atoms with Gasteiger partial charge in [-0.1, -0.05) is 12.2 Å². The van der Waals surface area contributed by atoms with Crippen molar-refractivity contribution in [3.8, 4) is 0 Å². The van der Waals surface area contributed by atoms with E-state index in [4.69, 9.17) is 5.11 Å². The van der Waals surface area contributed by atoms with Gasteiger partial charge in [0.15, 0.2) is 0 Å². The first-order valence-electron chi connectivity index (χ1n) is 5.36. The highest BCUT2D eigenvalue weighted by Gasteiger charge is 2.10. The van der Waals surface area contributed by atoms with E-state index in [0.717, 1.165) is 12.8 Å². The Morgan fingerprint density at radius 2 is 2.46 bits per heavy atom. The van der Waals surface area contributed by atoms with Crippen molar-refractivity contribution in [2.24, 2.45) is 0 Å². The summed E-state index contributed by atoms with van der Waals surface area (Å²) < 4.78 is 0. The Labute approximate surface area is 81.0 Å². The molecule has 1 rings (SSSR count). The van der Waals surface area contributed by atoms with Gasteiger partial charge in [0.05, 0.1) is 0 Å². The van der Waals surface area contributed by atoms with Gasteiger partial charge in [0, 0.05) is 18.7 Å². The van der Waals surface area contributed by atoms with Crippen LogP contribution < -0.4 is 5.32 Å². The van der Waals surface area contributed by atoms with Gasteiger partial charge < -0.3 is 10.4 Å². The van der Waals surface area contributed by atoms with E-state index in [1.807, 2.05) is 0 Å². The molecule has 0 aliphatic heterocycles. The van der Waals surface area contributed by atoms with Gasteiger partial charge >= 0.3 is 0 Å². The van der Waals surface area contributed by atoms with Crippen LogP contribution in [0.1, 0.15) is 39.0 Å². The van der Waals surface area contributed by atoms with E-state index in [0.29, 0.717) is 18.7 Å². The fourth-order valence-corrected chi connectivity index (χ4v) is 1.80. The summed E-state index contributed by atoms with van der Waals surface area (Å²) in [4.78, 5) is 0. The first-order valence-corrected chi connectivity index (χ1v) is 5.36. The molecule has 0 bridgehead atoms. The molecule has 2 unspecified atom stereocenters. The standard InChI is InChI=1S/C11H21NO/c1-10(6-5-9-13)12-11-7-3-2-4-8-11/h3,7,10-13H,2,4-6,8-9H2,1H3. The lowest BCUT2D eigenvalue weighted by molar-refractivity contribution is 0.274. The molecule has 2 atom stereocenters. The molecule has 0 saturated carbocycles. The molecule has 0 radical (unpaired) electrons. The Morgan fingerprint density at radius 1 is 1.62 bits per heavy atom.